The van der Waals surface area contributed by atoms with Gasteiger partial charge >= 0.3 is 0 Å². The molecule has 2 heterocycles. The molecule has 2 aliphatic heterocycles. The maximum Gasteiger partial charge on any atom is 0.246 e. The van der Waals surface area contributed by atoms with Crippen molar-refractivity contribution in [2.45, 2.75) is 36.6 Å². The third-order valence-corrected chi connectivity index (χ3v) is 7.37. The van der Waals surface area contributed by atoms with Gasteiger partial charge in [0.05, 0.1) is 0 Å². The zero-order valence-electron chi connectivity index (χ0n) is 16.3. The zero-order chi connectivity index (χ0) is 21.3. The lowest BCUT2D eigenvalue weighted by atomic mass is 10.2. The van der Waals surface area contributed by atoms with Gasteiger partial charge in [0.15, 0.2) is 0 Å². The van der Waals surface area contributed by atoms with Crippen molar-refractivity contribution < 1.29 is 22.4 Å². The highest BCUT2D eigenvalue weighted by molar-refractivity contribution is 7.89. The zero-order valence-corrected chi connectivity index (χ0v) is 17.1. The molecule has 2 amide bonds. The highest BCUT2D eigenvalue weighted by Gasteiger charge is 2.40. The maximum atomic E-state index is 14.1. The van der Waals surface area contributed by atoms with Crippen LogP contribution in [0.15, 0.2) is 53.4 Å². The Labute approximate surface area is 174 Å². The number of amides is 2. The standard InChI is InChI=1S/C21H22FN3O4S/c22-17-8-1-2-10-19(17)30(28,29)25-13-4-9-18(25)21(27)23-15-6-3-7-16(14-15)24-12-5-11-20(24)26/h1-3,6-8,10,14,18H,4-5,9,11-13H2,(H,23,27). The maximum absolute atomic E-state index is 14.1. The molecule has 2 aromatic carbocycles. The number of nitrogens with one attached hydrogen (secondary N) is 1. The van der Waals surface area contributed by atoms with Gasteiger partial charge in [-0.05, 0) is 49.6 Å². The highest BCUT2D eigenvalue weighted by Crippen LogP contribution is 2.29. The monoisotopic (exact) mass is 431 g/mol. The Hall–Kier alpha value is -2.78. The van der Waals surface area contributed by atoms with E-state index < -0.39 is 32.7 Å². The molecule has 0 spiro atoms. The van der Waals surface area contributed by atoms with E-state index in [4.69, 9.17) is 0 Å². The van der Waals surface area contributed by atoms with E-state index in [-0.39, 0.29) is 12.5 Å². The smallest absolute Gasteiger partial charge is 0.246 e. The van der Waals surface area contributed by atoms with Crippen LogP contribution in [0.1, 0.15) is 25.7 Å². The third kappa shape index (κ3) is 3.82. The highest BCUT2D eigenvalue weighted by atomic mass is 32.2. The first-order valence-electron chi connectivity index (χ1n) is 9.85. The average Bonchev–Trinajstić information content (AvgIpc) is 3.38. The van der Waals surface area contributed by atoms with E-state index in [0.717, 1.165) is 16.8 Å². The van der Waals surface area contributed by atoms with Crippen molar-refractivity contribution in [3.05, 3.63) is 54.3 Å². The molecule has 2 aliphatic rings. The van der Waals surface area contributed by atoms with Crippen LogP contribution in [0.2, 0.25) is 0 Å². The number of rotatable bonds is 5. The van der Waals surface area contributed by atoms with Crippen molar-refractivity contribution in [2.24, 2.45) is 0 Å². The molecule has 1 atom stereocenters. The topological polar surface area (TPSA) is 86.8 Å². The lowest BCUT2D eigenvalue weighted by Gasteiger charge is -2.24. The minimum absolute atomic E-state index is 0.0384. The predicted octanol–water partition coefficient (Wildman–Crippen LogP) is 2.74. The van der Waals surface area contributed by atoms with Crippen LogP contribution < -0.4 is 10.2 Å². The van der Waals surface area contributed by atoms with Crippen molar-refractivity contribution in [1.29, 1.82) is 0 Å². The molecule has 2 aromatic rings. The number of benzene rings is 2. The summed E-state index contributed by atoms with van der Waals surface area (Å²) in [5.41, 5.74) is 1.17. The predicted molar refractivity (Wildman–Crippen MR) is 110 cm³/mol. The van der Waals surface area contributed by atoms with Crippen LogP contribution in [0.25, 0.3) is 0 Å². The quantitative estimate of drug-likeness (QED) is 0.789. The first kappa shape index (κ1) is 20.5. The lowest BCUT2D eigenvalue weighted by Crippen LogP contribution is -2.43. The molecule has 1 unspecified atom stereocenters. The number of anilines is 2. The van der Waals surface area contributed by atoms with Crippen molar-refractivity contribution in [2.75, 3.05) is 23.3 Å². The molecule has 4 rings (SSSR count). The molecule has 0 saturated carbocycles. The van der Waals surface area contributed by atoms with Gasteiger partial charge in [-0.15, -0.1) is 0 Å². The normalized spacial score (nSPS) is 20.0. The molecule has 30 heavy (non-hydrogen) atoms. The van der Waals surface area contributed by atoms with Crippen molar-refractivity contribution >= 4 is 33.2 Å². The Bertz CT molecular complexity index is 1090. The fraction of sp³-hybridized carbons (Fsp3) is 0.333. The van der Waals surface area contributed by atoms with Crippen LogP contribution in [-0.2, 0) is 19.6 Å². The molecular weight excluding hydrogens is 409 g/mol. The summed E-state index contributed by atoms with van der Waals surface area (Å²) in [5, 5.41) is 2.75. The molecular formula is C21H22FN3O4S. The van der Waals surface area contributed by atoms with Gasteiger partial charge in [-0.3, -0.25) is 9.59 Å². The van der Waals surface area contributed by atoms with E-state index in [0.29, 0.717) is 37.2 Å². The number of carbonyl (C=O) groups is 2. The van der Waals surface area contributed by atoms with Gasteiger partial charge in [-0.1, -0.05) is 18.2 Å². The molecule has 0 radical (unpaired) electrons. The second kappa shape index (κ2) is 8.16. The van der Waals surface area contributed by atoms with E-state index in [1.807, 2.05) is 0 Å². The molecule has 2 saturated heterocycles. The van der Waals surface area contributed by atoms with Crippen molar-refractivity contribution in [3.8, 4) is 0 Å². The number of sulfonamides is 1. The number of hydrogen-bond donors (Lipinski definition) is 1. The summed E-state index contributed by atoms with van der Waals surface area (Å²) in [6.45, 7) is 0.782. The largest absolute Gasteiger partial charge is 0.325 e. The Morgan fingerprint density at radius 2 is 1.87 bits per heavy atom. The summed E-state index contributed by atoms with van der Waals surface area (Å²) >= 11 is 0. The summed E-state index contributed by atoms with van der Waals surface area (Å²) in [5.74, 6) is -1.28. The second-order valence-electron chi connectivity index (χ2n) is 7.39. The van der Waals surface area contributed by atoms with E-state index in [9.17, 15) is 22.4 Å². The summed E-state index contributed by atoms with van der Waals surface area (Å²) in [7, 11) is -4.14. The van der Waals surface area contributed by atoms with Gasteiger partial charge < -0.3 is 10.2 Å². The van der Waals surface area contributed by atoms with Crippen LogP contribution >= 0.6 is 0 Å². The van der Waals surface area contributed by atoms with Gasteiger partial charge in [0, 0.05) is 30.9 Å². The summed E-state index contributed by atoms with van der Waals surface area (Å²) in [4.78, 5) is 26.1. The van der Waals surface area contributed by atoms with Crippen molar-refractivity contribution in [3.63, 3.8) is 0 Å². The Kier molecular flexibility index (Phi) is 5.57. The summed E-state index contributed by atoms with van der Waals surface area (Å²) in [6.07, 6.45) is 2.15. The molecule has 9 heteroatoms. The first-order chi connectivity index (χ1) is 14.4. The van der Waals surface area contributed by atoms with Crippen LogP contribution in [0.5, 0.6) is 0 Å². The summed E-state index contributed by atoms with van der Waals surface area (Å²) < 4.78 is 41.1. The van der Waals surface area contributed by atoms with Gasteiger partial charge in [-0.2, -0.15) is 4.31 Å². The minimum Gasteiger partial charge on any atom is -0.325 e. The van der Waals surface area contributed by atoms with Crippen LogP contribution in [-0.4, -0.2) is 43.7 Å². The molecule has 1 N–H and O–H groups in total. The first-order valence-corrected chi connectivity index (χ1v) is 11.3. The van der Waals surface area contributed by atoms with E-state index in [2.05, 4.69) is 5.32 Å². The SMILES string of the molecule is O=C(Nc1cccc(N2CCCC2=O)c1)C1CCCN1S(=O)(=O)c1ccccc1F. The Morgan fingerprint density at radius 1 is 1.07 bits per heavy atom. The van der Waals surface area contributed by atoms with E-state index in [1.165, 1.54) is 18.2 Å². The van der Waals surface area contributed by atoms with Gasteiger partial charge in [0.25, 0.3) is 0 Å². The van der Waals surface area contributed by atoms with Crippen LogP contribution in [0.3, 0.4) is 0 Å². The Balaban J connectivity index is 1.53. The van der Waals surface area contributed by atoms with E-state index >= 15 is 0 Å². The molecule has 7 nitrogen and oxygen atoms in total. The fourth-order valence-corrected chi connectivity index (χ4v) is 5.69. The average molecular weight is 431 g/mol. The van der Waals surface area contributed by atoms with Crippen molar-refractivity contribution in [1.82, 2.24) is 4.31 Å². The lowest BCUT2D eigenvalue weighted by molar-refractivity contribution is -0.119. The Morgan fingerprint density at radius 3 is 2.60 bits per heavy atom. The molecule has 2 fully saturated rings. The number of carbonyl (C=O) groups excluding carboxylic acids is 2. The van der Waals surface area contributed by atoms with Gasteiger partial charge in [0.2, 0.25) is 21.8 Å². The number of hydrogen-bond acceptors (Lipinski definition) is 4. The molecule has 158 valence electrons. The van der Waals surface area contributed by atoms with Gasteiger partial charge in [0.1, 0.15) is 16.8 Å². The summed E-state index contributed by atoms with van der Waals surface area (Å²) in [6, 6.07) is 11.2. The second-order valence-corrected chi connectivity index (χ2v) is 9.25. The fourth-order valence-electron chi connectivity index (χ4n) is 3.97. The number of nitrogens with zero attached hydrogens (tertiary/aromatic N) is 2. The van der Waals surface area contributed by atoms with Gasteiger partial charge in [-0.25, -0.2) is 12.8 Å². The van der Waals surface area contributed by atoms with E-state index in [1.54, 1.807) is 29.2 Å². The molecule has 0 aromatic heterocycles. The number of halogens is 1. The third-order valence-electron chi connectivity index (χ3n) is 5.43. The minimum atomic E-state index is -4.14. The molecule has 0 aliphatic carbocycles. The molecule has 0 bridgehead atoms. The van der Waals surface area contributed by atoms with Crippen LogP contribution in [0.4, 0.5) is 15.8 Å². The van der Waals surface area contributed by atoms with Crippen LogP contribution in [0, 0.1) is 5.82 Å².